The number of para-hydroxylation sites is 3. The summed E-state index contributed by atoms with van der Waals surface area (Å²) in [7, 11) is 0. The molecule has 1 aliphatic heterocycles. The van der Waals surface area contributed by atoms with Crippen LogP contribution in [-0.2, 0) is 0 Å². The number of nitrogens with zero attached hydrogens (tertiary/aromatic N) is 4. The van der Waals surface area contributed by atoms with E-state index in [9.17, 15) is 0 Å². The van der Waals surface area contributed by atoms with Gasteiger partial charge in [-0.25, -0.2) is 0 Å². The zero-order valence-corrected chi connectivity index (χ0v) is 42.8. The van der Waals surface area contributed by atoms with E-state index >= 15 is 0 Å². The highest BCUT2D eigenvalue weighted by Gasteiger charge is 2.22. The SMILES string of the molecule is C=C1/C=C\C=C/CN(c2ccccc2)c2ccc(N(c3ccc(-c4ccc(N(c5cccc(-c6ccccc6)c5)c5ccc6c(c5)c5ccccc5n6-c5ccccc5)cc4)cc3)c3cccc(C4=CCCC=C4)c3)cc21. The Hall–Kier alpha value is -9.90. The molecule has 0 N–H and O–H groups in total. The Morgan fingerprint density at radius 3 is 1.60 bits per heavy atom. The molecular formula is C73H56N4. The minimum absolute atomic E-state index is 0.737. The molecule has 0 fully saturated rings. The fraction of sp³-hybridized carbons (Fsp3) is 0.0411. The third-order valence-electron chi connectivity index (χ3n) is 14.9. The summed E-state index contributed by atoms with van der Waals surface area (Å²) in [6.45, 7) is 5.35. The summed E-state index contributed by atoms with van der Waals surface area (Å²) >= 11 is 0. The molecule has 0 saturated heterocycles. The number of rotatable bonds is 11. The maximum Gasteiger partial charge on any atom is 0.0542 e. The van der Waals surface area contributed by atoms with Gasteiger partial charge in [0.25, 0.3) is 0 Å². The van der Waals surface area contributed by atoms with Gasteiger partial charge in [0.05, 0.1) is 11.0 Å². The van der Waals surface area contributed by atoms with Gasteiger partial charge in [0, 0.05) is 74.1 Å². The van der Waals surface area contributed by atoms with E-state index in [-0.39, 0.29) is 0 Å². The van der Waals surface area contributed by atoms with Crippen LogP contribution >= 0.6 is 0 Å². The predicted octanol–water partition coefficient (Wildman–Crippen LogP) is 20.1. The smallest absolute Gasteiger partial charge is 0.0542 e. The Balaban J connectivity index is 0.887. The second-order valence-electron chi connectivity index (χ2n) is 19.7. The summed E-state index contributed by atoms with van der Waals surface area (Å²) < 4.78 is 2.38. The van der Waals surface area contributed by atoms with Crippen molar-refractivity contribution in [2.24, 2.45) is 0 Å². The molecule has 0 bridgehead atoms. The van der Waals surface area contributed by atoms with Crippen LogP contribution in [0.25, 0.3) is 60.9 Å². The number of fused-ring (bicyclic) bond motifs is 4. The van der Waals surface area contributed by atoms with Crippen LogP contribution in [0.15, 0.2) is 298 Å². The van der Waals surface area contributed by atoms with Crippen LogP contribution in [0, 0.1) is 0 Å². The third kappa shape index (κ3) is 9.28. The highest BCUT2D eigenvalue weighted by atomic mass is 15.2. The minimum Gasteiger partial charge on any atom is -0.337 e. The number of benzene rings is 10. The predicted molar refractivity (Wildman–Crippen MR) is 328 cm³/mol. The van der Waals surface area contributed by atoms with Gasteiger partial charge in [-0.3, -0.25) is 0 Å². The van der Waals surface area contributed by atoms with E-state index in [4.69, 9.17) is 0 Å². The molecule has 11 aromatic rings. The lowest BCUT2D eigenvalue weighted by Crippen LogP contribution is -2.18. The van der Waals surface area contributed by atoms with E-state index in [0.717, 1.165) is 92.8 Å². The van der Waals surface area contributed by atoms with Crippen LogP contribution in [0.4, 0.5) is 45.5 Å². The molecule has 0 amide bonds. The molecule has 1 aromatic heterocycles. The average molecular weight is 989 g/mol. The Labute approximate surface area is 451 Å². The van der Waals surface area contributed by atoms with Gasteiger partial charge in [-0.15, -0.1) is 0 Å². The number of allylic oxidation sites excluding steroid dienone is 8. The van der Waals surface area contributed by atoms with Crippen molar-refractivity contribution in [3.8, 4) is 27.9 Å². The molecule has 0 unspecified atom stereocenters. The molecule has 2 aliphatic rings. The van der Waals surface area contributed by atoms with E-state index < -0.39 is 0 Å². The van der Waals surface area contributed by atoms with Crippen molar-refractivity contribution in [3.63, 3.8) is 0 Å². The monoisotopic (exact) mass is 988 g/mol. The molecule has 13 rings (SSSR count). The Morgan fingerprint density at radius 2 is 0.909 bits per heavy atom. The van der Waals surface area contributed by atoms with E-state index in [1.165, 1.54) is 44.1 Å². The first-order valence-corrected chi connectivity index (χ1v) is 26.6. The molecule has 0 spiro atoms. The molecule has 0 radical (unpaired) electrons. The summed E-state index contributed by atoms with van der Waals surface area (Å²) in [6.07, 6.45) is 17.5. The van der Waals surface area contributed by atoms with Crippen molar-refractivity contribution in [2.75, 3.05) is 21.2 Å². The first kappa shape index (κ1) is 46.9. The van der Waals surface area contributed by atoms with E-state index in [1.54, 1.807) is 0 Å². The molecule has 4 nitrogen and oxygen atoms in total. The molecule has 368 valence electrons. The summed E-state index contributed by atoms with van der Waals surface area (Å²) in [5.74, 6) is 0. The summed E-state index contributed by atoms with van der Waals surface area (Å²) in [6, 6.07) is 90.3. The van der Waals surface area contributed by atoms with Gasteiger partial charge < -0.3 is 19.3 Å². The summed E-state index contributed by atoms with van der Waals surface area (Å²) in [4.78, 5) is 7.14. The van der Waals surface area contributed by atoms with Gasteiger partial charge in [0.1, 0.15) is 0 Å². The molecule has 0 atom stereocenters. The van der Waals surface area contributed by atoms with Crippen LogP contribution < -0.4 is 14.7 Å². The second kappa shape index (κ2) is 20.8. The standard InChI is InChI=1S/C73H56N4/c1-53-21-7-6-18-48-74(60-28-12-4-13-29-60)71-46-44-66(51-69(53)71)75(64-32-19-26-58(49-64)54-22-8-2-9-23-54)62-40-36-56(37-41-62)57-38-42-63(43-39-57)76(65-33-20-27-59(50-65)55-24-10-3-11-25-55)67-45-47-73-70(52-67)68-34-16-17-35-72(68)77(73)61-30-14-5-15-31-61/h3-8,10-47,49-52H,1-2,9,48H2/b18-6-,21-7-. The van der Waals surface area contributed by atoms with Crippen LogP contribution in [0.1, 0.15) is 24.0 Å². The van der Waals surface area contributed by atoms with Crippen molar-refractivity contribution >= 4 is 78.5 Å². The van der Waals surface area contributed by atoms with Crippen LogP contribution in [0.5, 0.6) is 0 Å². The van der Waals surface area contributed by atoms with E-state index in [0.29, 0.717) is 0 Å². The maximum absolute atomic E-state index is 4.61. The molecule has 4 heteroatoms. The molecule has 10 aromatic carbocycles. The minimum atomic E-state index is 0.737. The lowest BCUT2D eigenvalue weighted by Gasteiger charge is -2.30. The van der Waals surface area contributed by atoms with Crippen molar-refractivity contribution in [2.45, 2.75) is 12.8 Å². The zero-order valence-electron chi connectivity index (χ0n) is 42.8. The summed E-state index contributed by atoms with van der Waals surface area (Å²) in [5, 5.41) is 2.43. The fourth-order valence-electron chi connectivity index (χ4n) is 11.2. The Bertz CT molecular complexity index is 4070. The third-order valence-corrected chi connectivity index (χ3v) is 14.9. The van der Waals surface area contributed by atoms with E-state index in [2.05, 4.69) is 317 Å². The Kier molecular flexibility index (Phi) is 12.6. The molecule has 2 heterocycles. The van der Waals surface area contributed by atoms with E-state index in [1.807, 2.05) is 0 Å². The highest BCUT2D eigenvalue weighted by molar-refractivity contribution is 6.11. The van der Waals surface area contributed by atoms with Gasteiger partial charge in [0.15, 0.2) is 0 Å². The summed E-state index contributed by atoms with van der Waals surface area (Å²) in [5.41, 5.74) is 21.3. The quantitative estimate of drug-likeness (QED) is 0.128. The van der Waals surface area contributed by atoms with Gasteiger partial charge in [-0.05, 0) is 167 Å². The van der Waals surface area contributed by atoms with Crippen molar-refractivity contribution in [1.29, 1.82) is 0 Å². The average Bonchev–Trinajstić information content (AvgIpc) is 3.86. The van der Waals surface area contributed by atoms with Gasteiger partial charge >= 0.3 is 0 Å². The topological polar surface area (TPSA) is 14.7 Å². The van der Waals surface area contributed by atoms with Crippen molar-refractivity contribution < 1.29 is 0 Å². The fourth-order valence-corrected chi connectivity index (χ4v) is 11.2. The lowest BCUT2D eigenvalue weighted by atomic mass is 9.98. The Morgan fingerprint density at radius 1 is 0.364 bits per heavy atom. The first-order chi connectivity index (χ1) is 38.1. The van der Waals surface area contributed by atoms with Crippen molar-refractivity contribution in [3.05, 3.63) is 309 Å². The maximum atomic E-state index is 4.61. The van der Waals surface area contributed by atoms with Crippen LogP contribution in [0.2, 0.25) is 0 Å². The van der Waals surface area contributed by atoms with Crippen LogP contribution in [-0.4, -0.2) is 11.1 Å². The lowest BCUT2D eigenvalue weighted by molar-refractivity contribution is 1.04. The number of aromatic nitrogens is 1. The normalized spacial score (nSPS) is 14.1. The number of anilines is 8. The van der Waals surface area contributed by atoms with Crippen molar-refractivity contribution in [1.82, 2.24) is 4.57 Å². The van der Waals surface area contributed by atoms with Gasteiger partial charge in [-0.2, -0.15) is 0 Å². The largest absolute Gasteiger partial charge is 0.337 e. The highest BCUT2D eigenvalue weighted by Crippen LogP contribution is 2.44. The molecular weight excluding hydrogens is 933 g/mol. The van der Waals surface area contributed by atoms with Crippen LogP contribution in [0.3, 0.4) is 0 Å². The molecule has 0 saturated carbocycles. The molecule has 77 heavy (non-hydrogen) atoms. The number of hydrogen-bond donors (Lipinski definition) is 0. The second-order valence-corrected chi connectivity index (χ2v) is 19.7. The number of hydrogen-bond acceptors (Lipinski definition) is 3. The van der Waals surface area contributed by atoms with Gasteiger partial charge in [0.2, 0.25) is 0 Å². The molecule has 1 aliphatic carbocycles. The van der Waals surface area contributed by atoms with Gasteiger partial charge in [-0.1, -0.05) is 183 Å². The first-order valence-electron chi connectivity index (χ1n) is 26.6. The zero-order chi connectivity index (χ0) is 51.5.